The van der Waals surface area contributed by atoms with E-state index in [0.717, 1.165) is 12.8 Å². The van der Waals surface area contributed by atoms with Crippen LogP contribution in [0.2, 0.25) is 0 Å². The van der Waals surface area contributed by atoms with E-state index in [2.05, 4.69) is 15.3 Å². The topological polar surface area (TPSA) is 90.8 Å². The zero-order valence-electron chi connectivity index (χ0n) is 21.3. The van der Waals surface area contributed by atoms with E-state index in [4.69, 9.17) is 4.74 Å². The van der Waals surface area contributed by atoms with Gasteiger partial charge in [-0.2, -0.15) is 18.2 Å². The van der Waals surface area contributed by atoms with Crippen molar-refractivity contribution >= 4 is 17.9 Å². The molecule has 2 atom stereocenters. The monoisotopic (exact) mass is 537 g/mol. The Bertz CT molecular complexity index is 1200. The molecule has 3 fully saturated rings. The number of ether oxygens (including phenoxy) is 1. The van der Waals surface area contributed by atoms with Crippen LogP contribution in [0.25, 0.3) is 0 Å². The molecule has 0 spiro atoms. The van der Waals surface area contributed by atoms with E-state index in [1.807, 2.05) is 6.92 Å². The number of carbonyl (C=O) groups excluding carboxylic acids is 1. The highest BCUT2D eigenvalue weighted by Gasteiger charge is 2.55. The molecular formula is C26H31F4N5O3. The van der Waals surface area contributed by atoms with E-state index < -0.39 is 48.1 Å². The number of nitrogens with one attached hydrogen (secondary N) is 1. The molecule has 8 nitrogen and oxygen atoms in total. The van der Waals surface area contributed by atoms with Crippen LogP contribution in [-0.2, 0) is 11.3 Å². The second kappa shape index (κ2) is 9.64. The number of hydrogen-bond donors (Lipinski definition) is 2. The molecule has 2 saturated heterocycles. The van der Waals surface area contributed by atoms with Crippen LogP contribution in [0.3, 0.4) is 0 Å². The lowest BCUT2D eigenvalue weighted by Crippen LogP contribution is -2.53. The minimum Gasteiger partial charge on any atom is -0.447 e. The second-order valence-electron chi connectivity index (χ2n) is 10.8. The third kappa shape index (κ3) is 5.03. The van der Waals surface area contributed by atoms with E-state index in [9.17, 15) is 23.1 Å². The number of anilines is 2. The molecule has 3 heterocycles. The normalized spacial score (nSPS) is 24.8. The van der Waals surface area contributed by atoms with Gasteiger partial charge in [0.15, 0.2) is 5.60 Å². The molecule has 2 aliphatic heterocycles. The van der Waals surface area contributed by atoms with Gasteiger partial charge in [-0.15, -0.1) is 0 Å². The van der Waals surface area contributed by atoms with Gasteiger partial charge in [0.05, 0.1) is 11.6 Å². The van der Waals surface area contributed by atoms with E-state index >= 15 is 4.39 Å². The van der Waals surface area contributed by atoms with Crippen LogP contribution in [0.15, 0.2) is 30.5 Å². The number of aromatic nitrogens is 2. The fourth-order valence-corrected chi connectivity index (χ4v) is 5.36. The number of alkyl halides is 3. The summed E-state index contributed by atoms with van der Waals surface area (Å²) in [6, 6.07) is 5.88. The highest BCUT2D eigenvalue weighted by molar-refractivity contribution is 5.90. The van der Waals surface area contributed by atoms with Crippen molar-refractivity contribution in [2.24, 2.45) is 5.92 Å². The van der Waals surface area contributed by atoms with Gasteiger partial charge in [0.25, 0.3) is 0 Å². The molecule has 3 aliphatic rings. The number of halogens is 4. The highest BCUT2D eigenvalue weighted by atomic mass is 19.4. The zero-order valence-corrected chi connectivity index (χ0v) is 21.3. The third-order valence-corrected chi connectivity index (χ3v) is 8.00. The van der Waals surface area contributed by atoms with Crippen LogP contribution < -0.4 is 10.2 Å². The second-order valence-corrected chi connectivity index (χ2v) is 10.8. The van der Waals surface area contributed by atoms with Crippen LogP contribution in [0.1, 0.15) is 56.7 Å². The standard InChI is InChI=1S/C26H31F4N5O3/c1-16(32-22-31-10-7-21(33-22)35-23(36)38-15-24(35,2)18-4-5-18)19-6-3-17(13-20(19)27)14-34-11-8-25(37,9-12-34)26(28,29)30/h3,6-7,10,13,16,18,37H,4-5,8-9,11-12,14-15H2,1-2H3,(H,31,32,33)/t16-,24?/m0/s1. The van der Waals surface area contributed by atoms with Gasteiger partial charge in [-0.25, -0.2) is 14.2 Å². The van der Waals surface area contributed by atoms with Crippen molar-refractivity contribution in [2.45, 2.75) is 69.4 Å². The van der Waals surface area contributed by atoms with Crippen LogP contribution in [0.4, 0.5) is 34.1 Å². The highest BCUT2D eigenvalue weighted by Crippen LogP contribution is 2.47. The van der Waals surface area contributed by atoms with Crippen LogP contribution in [0.5, 0.6) is 0 Å². The first-order valence-corrected chi connectivity index (χ1v) is 12.8. The molecule has 1 aromatic carbocycles. The number of amides is 1. The van der Waals surface area contributed by atoms with Crippen molar-refractivity contribution in [3.63, 3.8) is 0 Å². The Kier molecular flexibility index (Phi) is 6.75. The Hall–Kier alpha value is -2.99. The molecule has 12 heteroatoms. The van der Waals surface area contributed by atoms with Gasteiger partial charge in [0.2, 0.25) is 5.95 Å². The lowest BCUT2D eigenvalue weighted by molar-refractivity contribution is -0.272. The molecule has 38 heavy (non-hydrogen) atoms. The van der Waals surface area contributed by atoms with Crippen LogP contribution in [0, 0.1) is 11.7 Å². The van der Waals surface area contributed by atoms with E-state index in [0.29, 0.717) is 29.5 Å². The number of likely N-dealkylation sites (tertiary alicyclic amines) is 1. The molecule has 2 N–H and O–H groups in total. The van der Waals surface area contributed by atoms with E-state index in [-0.39, 0.29) is 25.6 Å². The number of carbonyl (C=O) groups is 1. The molecule has 2 aromatic rings. The average Bonchev–Trinajstić information content (AvgIpc) is 3.66. The fourth-order valence-electron chi connectivity index (χ4n) is 5.36. The summed E-state index contributed by atoms with van der Waals surface area (Å²) >= 11 is 0. The first-order chi connectivity index (χ1) is 17.9. The first-order valence-electron chi connectivity index (χ1n) is 12.8. The van der Waals surface area contributed by atoms with Gasteiger partial charge in [0.1, 0.15) is 18.2 Å². The molecule has 206 valence electrons. The number of hydrogen-bond acceptors (Lipinski definition) is 7. The predicted molar refractivity (Wildman–Crippen MR) is 131 cm³/mol. The Balaban J connectivity index is 1.23. The molecule has 1 amide bonds. The summed E-state index contributed by atoms with van der Waals surface area (Å²) in [7, 11) is 0. The Morgan fingerprint density at radius 1 is 1.24 bits per heavy atom. The molecule has 0 bridgehead atoms. The van der Waals surface area contributed by atoms with Crippen molar-refractivity contribution < 1.29 is 32.2 Å². The lowest BCUT2D eigenvalue weighted by atomic mass is 9.90. The summed E-state index contributed by atoms with van der Waals surface area (Å²) < 4.78 is 59.5. The number of rotatable bonds is 7. The summed E-state index contributed by atoms with van der Waals surface area (Å²) in [4.78, 5) is 24.6. The van der Waals surface area contributed by atoms with Gasteiger partial charge < -0.3 is 15.2 Å². The van der Waals surface area contributed by atoms with Gasteiger partial charge in [0, 0.05) is 31.4 Å². The summed E-state index contributed by atoms with van der Waals surface area (Å²) in [6.45, 7) is 4.46. The number of piperidine rings is 1. The maximum absolute atomic E-state index is 15.1. The summed E-state index contributed by atoms with van der Waals surface area (Å²) in [6.07, 6.45) is -2.34. The maximum atomic E-state index is 15.1. The molecular weight excluding hydrogens is 506 g/mol. The fraction of sp³-hybridized carbons (Fsp3) is 0.577. The zero-order chi connectivity index (χ0) is 27.3. The minimum absolute atomic E-state index is 0.0649. The maximum Gasteiger partial charge on any atom is 0.417 e. The quantitative estimate of drug-likeness (QED) is 0.490. The van der Waals surface area contributed by atoms with Crippen molar-refractivity contribution in [3.05, 3.63) is 47.4 Å². The van der Waals surface area contributed by atoms with Gasteiger partial charge in [-0.3, -0.25) is 9.80 Å². The smallest absolute Gasteiger partial charge is 0.417 e. The number of cyclic esters (lactones) is 1. The van der Waals surface area contributed by atoms with Crippen molar-refractivity contribution in [2.75, 3.05) is 29.9 Å². The summed E-state index contributed by atoms with van der Waals surface area (Å²) in [5.74, 6) is 0.544. The summed E-state index contributed by atoms with van der Waals surface area (Å²) in [5, 5.41) is 12.9. The SMILES string of the molecule is C[C@H](Nc1nccc(N2C(=O)OCC2(C)C2CC2)n1)c1ccc(CN2CCC(O)(C(F)(F)F)CC2)cc1F. The third-order valence-electron chi connectivity index (χ3n) is 8.00. The Morgan fingerprint density at radius 3 is 2.58 bits per heavy atom. The molecule has 1 aliphatic carbocycles. The average molecular weight is 538 g/mol. The molecule has 1 unspecified atom stereocenters. The lowest BCUT2D eigenvalue weighted by Gasteiger charge is -2.39. The molecule has 1 aromatic heterocycles. The number of nitrogens with zero attached hydrogens (tertiary/aromatic N) is 4. The van der Waals surface area contributed by atoms with E-state index in [1.54, 1.807) is 34.9 Å². The minimum atomic E-state index is -4.66. The van der Waals surface area contributed by atoms with Gasteiger partial charge in [-0.1, -0.05) is 12.1 Å². The van der Waals surface area contributed by atoms with Crippen molar-refractivity contribution in [1.29, 1.82) is 0 Å². The molecule has 0 radical (unpaired) electrons. The van der Waals surface area contributed by atoms with Crippen molar-refractivity contribution in [1.82, 2.24) is 14.9 Å². The Morgan fingerprint density at radius 2 is 1.95 bits per heavy atom. The Labute approximate surface area is 218 Å². The molecule has 1 saturated carbocycles. The molecule has 5 rings (SSSR count). The predicted octanol–water partition coefficient (Wildman–Crippen LogP) is 4.80. The van der Waals surface area contributed by atoms with Crippen LogP contribution in [-0.4, -0.2) is 63.1 Å². The number of aliphatic hydroxyl groups is 1. The van der Waals surface area contributed by atoms with E-state index in [1.165, 1.54) is 12.3 Å². The van der Waals surface area contributed by atoms with Gasteiger partial charge >= 0.3 is 12.3 Å². The van der Waals surface area contributed by atoms with Crippen molar-refractivity contribution in [3.8, 4) is 0 Å². The van der Waals surface area contributed by atoms with Gasteiger partial charge in [-0.05, 0) is 63.1 Å². The largest absolute Gasteiger partial charge is 0.447 e. The first kappa shape index (κ1) is 26.6. The van der Waals surface area contributed by atoms with Crippen LogP contribution >= 0.6 is 0 Å². The number of benzene rings is 1. The summed E-state index contributed by atoms with van der Waals surface area (Å²) in [5.41, 5.74) is -2.13.